The van der Waals surface area contributed by atoms with E-state index < -0.39 is 10.0 Å². The first-order valence-corrected chi connectivity index (χ1v) is 8.66. The van der Waals surface area contributed by atoms with Crippen molar-refractivity contribution in [2.75, 3.05) is 5.75 Å². The standard InChI is InChI=1S/C12H17N3O2S2/c1-3-7-18-12-14-10-8-9(19(13,16)17)5-6-11(10)15(12)4-2/h5-6,8H,3-4,7H2,1-2H3,(H2,13,16,17). The number of benzene rings is 1. The fourth-order valence-corrected chi connectivity index (χ4v) is 3.34. The summed E-state index contributed by atoms with van der Waals surface area (Å²) in [5.41, 5.74) is 1.61. The van der Waals surface area contributed by atoms with Crippen molar-refractivity contribution >= 4 is 32.8 Å². The van der Waals surface area contributed by atoms with Gasteiger partial charge in [-0.25, -0.2) is 18.5 Å². The number of aryl methyl sites for hydroxylation is 1. The molecular formula is C12H17N3O2S2. The van der Waals surface area contributed by atoms with Gasteiger partial charge in [0.2, 0.25) is 10.0 Å². The number of thioether (sulfide) groups is 1. The zero-order chi connectivity index (χ0) is 14.0. The van der Waals surface area contributed by atoms with Gasteiger partial charge in [0.15, 0.2) is 5.16 Å². The summed E-state index contributed by atoms with van der Waals surface area (Å²) < 4.78 is 24.8. The molecule has 0 saturated carbocycles. The predicted octanol–water partition coefficient (Wildman–Crippen LogP) is 2.21. The third kappa shape index (κ3) is 2.93. The average molecular weight is 299 g/mol. The number of hydrogen-bond acceptors (Lipinski definition) is 4. The number of rotatable bonds is 5. The van der Waals surface area contributed by atoms with Gasteiger partial charge in [0.1, 0.15) is 0 Å². The van der Waals surface area contributed by atoms with E-state index in [1.54, 1.807) is 17.8 Å². The van der Waals surface area contributed by atoms with E-state index in [9.17, 15) is 8.42 Å². The maximum Gasteiger partial charge on any atom is 0.238 e. The molecule has 0 atom stereocenters. The Bertz CT molecular complexity index is 692. The van der Waals surface area contributed by atoms with Crippen molar-refractivity contribution in [1.82, 2.24) is 9.55 Å². The summed E-state index contributed by atoms with van der Waals surface area (Å²) in [4.78, 5) is 4.61. The summed E-state index contributed by atoms with van der Waals surface area (Å²) in [6.45, 7) is 4.97. The quantitative estimate of drug-likeness (QED) is 0.859. The maximum atomic E-state index is 11.3. The number of nitrogens with two attached hydrogens (primary N) is 1. The number of hydrogen-bond donors (Lipinski definition) is 1. The van der Waals surface area contributed by atoms with Crippen molar-refractivity contribution < 1.29 is 8.42 Å². The highest BCUT2D eigenvalue weighted by Gasteiger charge is 2.14. The molecule has 5 nitrogen and oxygen atoms in total. The van der Waals surface area contributed by atoms with Gasteiger partial charge in [0.25, 0.3) is 0 Å². The van der Waals surface area contributed by atoms with Crippen LogP contribution in [0.4, 0.5) is 0 Å². The van der Waals surface area contributed by atoms with Gasteiger partial charge in [-0.2, -0.15) is 0 Å². The molecule has 0 spiro atoms. The molecule has 19 heavy (non-hydrogen) atoms. The summed E-state index contributed by atoms with van der Waals surface area (Å²) in [5, 5.41) is 6.06. The van der Waals surface area contributed by atoms with Crippen molar-refractivity contribution in [2.24, 2.45) is 5.14 Å². The highest BCUT2D eigenvalue weighted by Crippen LogP contribution is 2.26. The van der Waals surface area contributed by atoms with E-state index in [1.807, 2.05) is 6.92 Å². The third-order valence-electron chi connectivity index (χ3n) is 2.76. The topological polar surface area (TPSA) is 78.0 Å². The molecule has 0 aliphatic rings. The second kappa shape index (κ2) is 5.52. The number of imidazole rings is 1. The Morgan fingerprint density at radius 2 is 2.11 bits per heavy atom. The number of primary sulfonamides is 1. The van der Waals surface area contributed by atoms with E-state index in [1.165, 1.54) is 12.1 Å². The third-order valence-corrected chi connectivity index (χ3v) is 4.86. The first-order valence-electron chi connectivity index (χ1n) is 6.13. The van der Waals surface area contributed by atoms with Crippen LogP contribution in [-0.4, -0.2) is 23.7 Å². The molecule has 1 aromatic heterocycles. The van der Waals surface area contributed by atoms with Crippen LogP contribution in [0.2, 0.25) is 0 Å². The molecule has 0 saturated heterocycles. The Balaban J connectivity index is 2.55. The fraction of sp³-hybridized carbons (Fsp3) is 0.417. The lowest BCUT2D eigenvalue weighted by Gasteiger charge is -2.04. The Morgan fingerprint density at radius 1 is 1.37 bits per heavy atom. The van der Waals surface area contributed by atoms with Crippen LogP contribution in [0.5, 0.6) is 0 Å². The monoisotopic (exact) mass is 299 g/mol. The molecule has 0 fully saturated rings. The van der Waals surface area contributed by atoms with Crippen molar-refractivity contribution in [3.63, 3.8) is 0 Å². The molecule has 1 heterocycles. The van der Waals surface area contributed by atoms with Crippen molar-refractivity contribution in [2.45, 2.75) is 36.9 Å². The highest BCUT2D eigenvalue weighted by atomic mass is 32.2. The lowest BCUT2D eigenvalue weighted by molar-refractivity contribution is 0.598. The number of fused-ring (bicyclic) bond motifs is 1. The van der Waals surface area contributed by atoms with E-state index >= 15 is 0 Å². The Morgan fingerprint density at radius 3 is 2.68 bits per heavy atom. The first-order chi connectivity index (χ1) is 8.97. The number of sulfonamides is 1. The van der Waals surface area contributed by atoms with Gasteiger partial charge in [0, 0.05) is 12.3 Å². The smallest absolute Gasteiger partial charge is 0.238 e. The van der Waals surface area contributed by atoms with Crippen LogP contribution < -0.4 is 5.14 Å². The van der Waals surface area contributed by atoms with Gasteiger partial charge in [-0.1, -0.05) is 18.7 Å². The van der Waals surface area contributed by atoms with Gasteiger partial charge in [-0.05, 0) is 31.5 Å². The minimum absolute atomic E-state index is 0.104. The SMILES string of the molecule is CCCSc1nc2cc(S(N)(=O)=O)ccc2n1CC. The average Bonchev–Trinajstić information content (AvgIpc) is 2.71. The van der Waals surface area contributed by atoms with Crippen LogP contribution >= 0.6 is 11.8 Å². The predicted molar refractivity (Wildman–Crippen MR) is 77.8 cm³/mol. The molecule has 0 amide bonds. The minimum Gasteiger partial charge on any atom is -0.319 e. The van der Waals surface area contributed by atoms with E-state index in [0.29, 0.717) is 5.52 Å². The molecular weight excluding hydrogens is 282 g/mol. The molecule has 0 aliphatic heterocycles. The largest absolute Gasteiger partial charge is 0.319 e. The van der Waals surface area contributed by atoms with Crippen molar-refractivity contribution in [3.05, 3.63) is 18.2 Å². The molecule has 0 bridgehead atoms. The Hall–Kier alpha value is -1.05. The summed E-state index contributed by atoms with van der Waals surface area (Å²) in [7, 11) is -3.68. The summed E-state index contributed by atoms with van der Waals surface area (Å²) in [5.74, 6) is 0.991. The zero-order valence-electron chi connectivity index (χ0n) is 11.0. The van der Waals surface area contributed by atoms with Gasteiger partial charge in [-0.15, -0.1) is 0 Å². The molecule has 104 valence electrons. The van der Waals surface area contributed by atoms with E-state index in [0.717, 1.165) is 29.4 Å². The van der Waals surface area contributed by atoms with Crippen LogP contribution in [0.1, 0.15) is 20.3 Å². The first kappa shape index (κ1) is 14.4. The van der Waals surface area contributed by atoms with Crippen LogP contribution in [0.3, 0.4) is 0 Å². The van der Waals surface area contributed by atoms with Crippen LogP contribution in [-0.2, 0) is 16.6 Å². The maximum absolute atomic E-state index is 11.3. The van der Waals surface area contributed by atoms with E-state index in [2.05, 4.69) is 16.5 Å². The summed E-state index contributed by atoms with van der Waals surface area (Å²) in [6.07, 6.45) is 1.07. The molecule has 1 aromatic carbocycles. The number of aromatic nitrogens is 2. The lowest BCUT2D eigenvalue weighted by atomic mass is 10.3. The summed E-state index contributed by atoms with van der Waals surface area (Å²) >= 11 is 1.68. The Kier molecular flexibility index (Phi) is 4.17. The molecule has 2 rings (SSSR count). The highest BCUT2D eigenvalue weighted by molar-refractivity contribution is 7.99. The van der Waals surface area contributed by atoms with Gasteiger partial charge in [0.05, 0.1) is 15.9 Å². The molecule has 0 unspecified atom stereocenters. The van der Waals surface area contributed by atoms with E-state index in [-0.39, 0.29) is 4.90 Å². The molecule has 7 heteroatoms. The van der Waals surface area contributed by atoms with Gasteiger partial charge in [-0.3, -0.25) is 0 Å². The minimum atomic E-state index is -3.68. The second-order valence-electron chi connectivity index (χ2n) is 4.18. The molecule has 0 aliphatic carbocycles. The van der Waals surface area contributed by atoms with Crippen molar-refractivity contribution in [3.8, 4) is 0 Å². The second-order valence-corrected chi connectivity index (χ2v) is 6.81. The van der Waals surface area contributed by atoms with Crippen molar-refractivity contribution in [1.29, 1.82) is 0 Å². The Labute approximate surface area is 117 Å². The van der Waals surface area contributed by atoms with Crippen LogP contribution in [0, 0.1) is 0 Å². The molecule has 0 radical (unpaired) electrons. The molecule has 2 N–H and O–H groups in total. The van der Waals surface area contributed by atoms with E-state index in [4.69, 9.17) is 5.14 Å². The van der Waals surface area contributed by atoms with Gasteiger partial charge >= 0.3 is 0 Å². The normalized spacial score (nSPS) is 12.2. The summed E-state index contributed by atoms with van der Waals surface area (Å²) in [6, 6.07) is 4.83. The van der Waals surface area contributed by atoms with Crippen LogP contribution in [0.15, 0.2) is 28.3 Å². The zero-order valence-corrected chi connectivity index (χ0v) is 12.6. The fourth-order valence-electron chi connectivity index (χ4n) is 1.87. The molecule has 2 aromatic rings. The lowest BCUT2D eigenvalue weighted by Crippen LogP contribution is -2.11. The van der Waals surface area contributed by atoms with Gasteiger partial charge < -0.3 is 4.57 Å². The number of nitrogens with zero attached hydrogens (tertiary/aromatic N) is 2. The van der Waals surface area contributed by atoms with Crippen LogP contribution in [0.25, 0.3) is 11.0 Å².